The van der Waals surface area contributed by atoms with Crippen LogP contribution in [-0.4, -0.2) is 28.0 Å². The van der Waals surface area contributed by atoms with Gasteiger partial charge in [-0.15, -0.1) is 0 Å². The van der Waals surface area contributed by atoms with Gasteiger partial charge in [-0.1, -0.05) is 18.2 Å². The van der Waals surface area contributed by atoms with Crippen LogP contribution in [0.5, 0.6) is 0 Å². The highest BCUT2D eigenvalue weighted by molar-refractivity contribution is 7.46. The fourth-order valence-corrected chi connectivity index (χ4v) is 1.87. The van der Waals surface area contributed by atoms with E-state index in [2.05, 4.69) is 4.52 Å². The second-order valence-electron chi connectivity index (χ2n) is 5.23. The molecule has 1 rings (SSSR count). The average molecular weight is 302 g/mol. The van der Waals surface area contributed by atoms with Crippen molar-refractivity contribution in [2.75, 3.05) is 6.61 Å². The molecule has 0 radical (unpaired) electrons. The predicted octanol–water partition coefficient (Wildman–Crippen LogP) is 2.29. The highest BCUT2D eigenvalue weighted by Gasteiger charge is 2.20. The van der Waals surface area contributed by atoms with Gasteiger partial charge in [0.25, 0.3) is 0 Å². The lowest BCUT2D eigenvalue weighted by molar-refractivity contribution is 0.00683. The minimum atomic E-state index is -4.49. The first-order chi connectivity index (χ1) is 9.08. The Morgan fingerprint density at radius 1 is 1.25 bits per heavy atom. The zero-order chi connectivity index (χ0) is 15.4. The van der Waals surface area contributed by atoms with E-state index in [9.17, 15) is 9.36 Å². The van der Waals surface area contributed by atoms with Crippen LogP contribution in [0, 0.1) is 0 Å². The van der Waals surface area contributed by atoms with E-state index in [1.54, 1.807) is 45.0 Å². The molecule has 0 spiro atoms. The van der Waals surface area contributed by atoms with Gasteiger partial charge in [0.15, 0.2) is 0 Å². The number of benzene rings is 1. The van der Waals surface area contributed by atoms with E-state index < -0.39 is 19.4 Å². The van der Waals surface area contributed by atoms with Crippen LogP contribution in [0.15, 0.2) is 24.3 Å². The number of carbonyl (C=O) groups excluding carboxylic acids is 1. The molecule has 20 heavy (non-hydrogen) atoms. The molecule has 2 N–H and O–H groups in total. The third-order valence-corrected chi connectivity index (χ3v) is 2.79. The topological polar surface area (TPSA) is 93.1 Å². The van der Waals surface area contributed by atoms with Gasteiger partial charge in [-0.05, 0) is 38.8 Å². The maximum atomic E-state index is 12.0. The molecule has 112 valence electrons. The second-order valence-corrected chi connectivity index (χ2v) is 6.47. The summed E-state index contributed by atoms with van der Waals surface area (Å²) in [5.74, 6) is -0.468. The molecule has 1 aromatic carbocycles. The lowest BCUT2D eigenvalue weighted by Gasteiger charge is -2.20. The zero-order valence-electron chi connectivity index (χ0n) is 11.7. The maximum absolute atomic E-state index is 12.0. The molecule has 1 aromatic rings. The predicted molar refractivity (Wildman–Crippen MR) is 73.3 cm³/mol. The van der Waals surface area contributed by atoms with E-state index in [0.29, 0.717) is 11.1 Å². The molecule has 0 unspecified atom stereocenters. The van der Waals surface area contributed by atoms with Crippen molar-refractivity contribution in [2.24, 2.45) is 0 Å². The summed E-state index contributed by atoms with van der Waals surface area (Å²) in [6.07, 6.45) is 0.209. The Kier molecular flexibility index (Phi) is 5.48. The third kappa shape index (κ3) is 6.30. The first-order valence-electron chi connectivity index (χ1n) is 6.10. The molecule has 0 aromatic heterocycles. The third-order valence-electron chi connectivity index (χ3n) is 2.27. The normalized spacial score (nSPS) is 12.2. The van der Waals surface area contributed by atoms with E-state index in [0.717, 1.165) is 0 Å². The maximum Gasteiger partial charge on any atom is 0.469 e. The van der Waals surface area contributed by atoms with Crippen molar-refractivity contribution in [2.45, 2.75) is 32.8 Å². The molecule has 0 bridgehead atoms. The van der Waals surface area contributed by atoms with Crippen LogP contribution < -0.4 is 0 Å². The van der Waals surface area contributed by atoms with Crippen LogP contribution in [0.1, 0.15) is 36.7 Å². The Morgan fingerprint density at radius 2 is 1.85 bits per heavy atom. The number of carbonyl (C=O) groups is 1. The summed E-state index contributed by atoms with van der Waals surface area (Å²) in [6.45, 7) is 5.13. The van der Waals surface area contributed by atoms with Crippen molar-refractivity contribution in [1.82, 2.24) is 0 Å². The molecule has 0 amide bonds. The van der Waals surface area contributed by atoms with Crippen molar-refractivity contribution in [3.63, 3.8) is 0 Å². The van der Waals surface area contributed by atoms with E-state index in [4.69, 9.17) is 14.5 Å². The Morgan fingerprint density at radius 3 is 2.40 bits per heavy atom. The summed E-state index contributed by atoms with van der Waals surface area (Å²) in [6, 6.07) is 6.75. The Bertz CT molecular complexity index is 514. The fourth-order valence-electron chi connectivity index (χ4n) is 1.55. The fraction of sp³-hybridized carbons (Fsp3) is 0.462. The molecule has 6 nitrogen and oxygen atoms in total. The second kappa shape index (κ2) is 6.50. The monoisotopic (exact) mass is 302 g/mol. The van der Waals surface area contributed by atoms with E-state index in [1.807, 2.05) is 0 Å². The SMILES string of the molecule is CC(C)(C)OC(=O)c1ccccc1CCOP(=O)(O)O. The first-order valence-corrected chi connectivity index (χ1v) is 7.63. The van der Waals surface area contributed by atoms with Gasteiger partial charge in [-0.2, -0.15) is 0 Å². The van der Waals surface area contributed by atoms with E-state index in [1.165, 1.54) is 0 Å². The zero-order valence-corrected chi connectivity index (χ0v) is 12.6. The van der Waals surface area contributed by atoms with Gasteiger partial charge in [0.1, 0.15) is 5.60 Å². The van der Waals surface area contributed by atoms with Gasteiger partial charge < -0.3 is 14.5 Å². The van der Waals surface area contributed by atoms with E-state index in [-0.39, 0.29) is 13.0 Å². The highest BCUT2D eigenvalue weighted by Crippen LogP contribution is 2.35. The molecule has 0 fully saturated rings. The Labute approximate surface area is 118 Å². The summed E-state index contributed by atoms with van der Waals surface area (Å²) >= 11 is 0. The van der Waals surface area contributed by atoms with Crippen LogP contribution >= 0.6 is 7.82 Å². The molecule has 0 aliphatic carbocycles. The summed E-state index contributed by atoms with van der Waals surface area (Å²) in [7, 11) is -4.49. The van der Waals surface area contributed by atoms with Crippen LogP contribution in [0.2, 0.25) is 0 Å². The molecule has 0 aliphatic rings. The van der Waals surface area contributed by atoms with Crippen LogP contribution in [-0.2, 0) is 20.2 Å². The molecule has 0 atom stereocenters. The summed E-state index contributed by atoms with van der Waals surface area (Å²) in [5, 5.41) is 0. The van der Waals surface area contributed by atoms with Crippen molar-refractivity contribution in [1.29, 1.82) is 0 Å². The van der Waals surface area contributed by atoms with Crippen LogP contribution in [0.3, 0.4) is 0 Å². The molecule has 0 saturated heterocycles. The Hall–Kier alpha value is -1.20. The molecule has 7 heteroatoms. The van der Waals surface area contributed by atoms with E-state index >= 15 is 0 Å². The van der Waals surface area contributed by atoms with Crippen LogP contribution in [0.4, 0.5) is 0 Å². The standard InChI is InChI=1S/C13H19O6P/c1-13(2,3)19-12(14)11-7-5-4-6-10(11)8-9-18-20(15,16)17/h4-7H,8-9H2,1-3H3,(H2,15,16,17). The number of hydrogen-bond acceptors (Lipinski definition) is 4. The number of ether oxygens (including phenoxy) is 1. The average Bonchev–Trinajstić information content (AvgIpc) is 2.25. The lowest BCUT2D eigenvalue weighted by atomic mass is 10.0. The number of rotatable bonds is 5. The lowest BCUT2D eigenvalue weighted by Crippen LogP contribution is -2.24. The van der Waals surface area contributed by atoms with Crippen LogP contribution in [0.25, 0.3) is 0 Å². The number of hydrogen-bond donors (Lipinski definition) is 2. The van der Waals surface area contributed by atoms with Gasteiger partial charge in [0, 0.05) is 0 Å². The molecule has 0 aliphatic heterocycles. The highest BCUT2D eigenvalue weighted by atomic mass is 31.2. The number of phosphoric acid groups is 1. The van der Waals surface area contributed by atoms with Gasteiger partial charge in [-0.3, -0.25) is 4.52 Å². The number of phosphoric ester groups is 1. The summed E-state index contributed by atoms with van der Waals surface area (Å²) in [4.78, 5) is 29.3. The Balaban J connectivity index is 2.78. The molecular weight excluding hydrogens is 283 g/mol. The van der Waals surface area contributed by atoms with Crippen molar-refractivity contribution in [3.05, 3.63) is 35.4 Å². The summed E-state index contributed by atoms with van der Waals surface area (Å²) < 4.78 is 20.3. The van der Waals surface area contributed by atoms with Gasteiger partial charge >= 0.3 is 13.8 Å². The number of esters is 1. The van der Waals surface area contributed by atoms with Crippen molar-refractivity contribution >= 4 is 13.8 Å². The van der Waals surface area contributed by atoms with Gasteiger partial charge in [0.05, 0.1) is 12.2 Å². The molecular formula is C13H19O6P. The largest absolute Gasteiger partial charge is 0.469 e. The first kappa shape index (κ1) is 16.9. The summed E-state index contributed by atoms with van der Waals surface area (Å²) in [5.41, 5.74) is 0.388. The van der Waals surface area contributed by atoms with Crippen molar-refractivity contribution in [3.8, 4) is 0 Å². The minimum Gasteiger partial charge on any atom is -0.456 e. The van der Waals surface area contributed by atoms with Gasteiger partial charge in [-0.25, -0.2) is 9.36 Å². The minimum absolute atomic E-state index is 0.176. The van der Waals surface area contributed by atoms with Gasteiger partial charge in [0.2, 0.25) is 0 Å². The molecule has 0 heterocycles. The quantitative estimate of drug-likeness (QED) is 0.640. The molecule has 0 saturated carbocycles. The van der Waals surface area contributed by atoms with Crippen molar-refractivity contribution < 1.29 is 28.4 Å². The smallest absolute Gasteiger partial charge is 0.456 e.